The Bertz CT molecular complexity index is 620. The number of hydrogen-bond donors (Lipinski definition) is 1. The van der Waals surface area contributed by atoms with Gasteiger partial charge in [-0.05, 0) is 51.4 Å². The van der Waals surface area contributed by atoms with Crippen LogP contribution in [0, 0.1) is 0 Å². The molecule has 0 aliphatic heterocycles. The Hall–Kier alpha value is -1.65. The van der Waals surface area contributed by atoms with Gasteiger partial charge in [0.15, 0.2) is 0 Å². The van der Waals surface area contributed by atoms with Gasteiger partial charge >= 0.3 is 5.97 Å². The maximum Gasteiger partial charge on any atom is 0.306 e. The quantitative estimate of drug-likeness (QED) is 0.0576. The summed E-state index contributed by atoms with van der Waals surface area (Å²) < 4.78 is 10.9. The van der Waals surface area contributed by atoms with Crippen molar-refractivity contribution in [3.8, 4) is 0 Å². The normalized spacial score (nSPS) is 13.0. The smallest absolute Gasteiger partial charge is 0.306 e. The first kappa shape index (κ1) is 37.4. The molecule has 0 saturated carbocycles. The number of rotatable bonds is 29. The van der Waals surface area contributed by atoms with E-state index in [0.717, 1.165) is 51.4 Å². The highest BCUT2D eigenvalue weighted by Crippen LogP contribution is 2.12. The average Bonchev–Trinajstić information content (AvgIpc) is 2.94. The summed E-state index contributed by atoms with van der Waals surface area (Å²) >= 11 is 0. The summed E-state index contributed by atoms with van der Waals surface area (Å²) in [4.78, 5) is 11.7. The van der Waals surface area contributed by atoms with Gasteiger partial charge in [-0.15, -0.1) is 0 Å². The predicted octanol–water partition coefficient (Wildman–Crippen LogP) is 9.97. The zero-order valence-electron chi connectivity index (χ0n) is 25.6. The van der Waals surface area contributed by atoms with E-state index in [-0.39, 0.29) is 12.6 Å². The number of esters is 1. The van der Waals surface area contributed by atoms with Crippen LogP contribution in [-0.4, -0.2) is 37.0 Å². The van der Waals surface area contributed by atoms with E-state index < -0.39 is 6.10 Å². The molecule has 4 nitrogen and oxygen atoms in total. The van der Waals surface area contributed by atoms with Gasteiger partial charge in [-0.3, -0.25) is 4.79 Å². The topological polar surface area (TPSA) is 55.8 Å². The molecule has 0 bridgehead atoms. The molecule has 0 saturated heterocycles. The first-order valence-corrected chi connectivity index (χ1v) is 16.2. The fraction of sp³-hybridized carbons (Fsp3) is 0.743. The minimum absolute atomic E-state index is 0.176. The van der Waals surface area contributed by atoms with Gasteiger partial charge in [0.05, 0.1) is 13.2 Å². The van der Waals surface area contributed by atoms with E-state index in [1.807, 2.05) is 0 Å². The lowest BCUT2D eigenvalue weighted by atomic mass is 10.1. The van der Waals surface area contributed by atoms with Crippen LogP contribution in [0.15, 0.2) is 48.6 Å². The lowest BCUT2D eigenvalue weighted by Crippen LogP contribution is -2.27. The monoisotopic (exact) mass is 546 g/mol. The van der Waals surface area contributed by atoms with Crippen molar-refractivity contribution in [3.05, 3.63) is 48.6 Å². The molecule has 0 radical (unpaired) electrons. The third-order valence-corrected chi connectivity index (χ3v) is 6.67. The summed E-state index contributed by atoms with van der Waals surface area (Å²) in [5, 5.41) is 9.37. The number of aliphatic hydroxyl groups is 1. The van der Waals surface area contributed by atoms with Crippen molar-refractivity contribution in [2.75, 3.05) is 19.8 Å². The van der Waals surface area contributed by atoms with Gasteiger partial charge in [-0.1, -0.05) is 133 Å². The summed E-state index contributed by atoms with van der Waals surface area (Å²) in [6.45, 7) is 5.06. The molecule has 0 aliphatic rings. The van der Waals surface area contributed by atoms with E-state index in [9.17, 15) is 9.90 Å². The van der Waals surface area contributed by atoms with Crippen LogP contribution in [0.1, 0.15) is 142 Å². The van der Waals surface area contributed by atoms with Gasteiger partial charge in [0.1, 0.15) is 6.10 Å². The molecular formula is C35H62O4. The van der Waals surface area contributed by atoms with Gasteiger partial charge in [0, 0.05) is 13.0 Å². The van der Waals surface area contributed by atoms with E-state index in [1.165, 1.54) is 70.6 Å². The fourth-order valence-electron chi connectivity index (χ4n) is 4.26. The highest BCUT2D eigenvalue weighted by molar-refractivity contribution is 5.69. The van der Waals surface area contributed by atoms with Crippen molar-refractivity contribution in [2.45, 2.75) is 148 Å². The van der Waals surface area contributed by atoms with Gasteiger partial charge in [0.2, 0.25) is 0 Å². The number of carbonyl (C=O) groups excluding carboxylic acids is 1. The molecule has 39 heavy (non-hydrogen) atoms. The number of allylic oxidation sites excluding steroid dienone is 8. The third-order valence-electron chi connectivity index (χ3n) is 6.67. The Morgan fingerprint density at radius 1 is 0.641 bits per heavy atom. The first-order valence-electron chi connectivity index (χ1n) is 16.2. The van der Waals surface area contributed by atoms with Crippen LogP contribution in [0.5, 0.6) is 0 Å². The number of carbonyl (C=O) groups is 1. The molecule has 0 aliphatic carbocycles. The minimum atomic E-state index is -0.529. The maximum atomic E-state index is 11.7. The van der Waals surface area contributed by atoms with Gasteiger partial charge < -0.3 is 14.6 Å². The summed E-state index contributed by atoms with van der Waals surface area (Å²) in [7, 11) is 0. The van der Waals surface area contributed by atoms with Crippen LogP contribution in [0.2, 0.25) is 0 Å². The molecule has 0 fully saturated rings. The first-order chi connectivity index (χ1) is 19.2. The molecule has 0 aromatic carbocycles. The van der Waals surface area contributed by atoms with Crippen molar-refractivity contribution < 1.29 is 19.4 Å². The number of aliphatic hydroxyl groups excluding tert-OH is 1. The summed E-state index contributed by atoms with van der Waals surface area (Å²) in [5.41, 5.74) is 0. The van der Waals surface area contributed by atoms with Crippen LogP contribution >= 0.6 is 0 Å². The molecule has 0 aromatic rings. The largest absolute Gasteiger partial charge is 0.457 e. The SMILES string of the molecule is CC/C=C\C/C=C\C/C=C\C/C=C\CCCCCCCCCCCCCOCC(CO)OC(=O)CCCCC. The van der Waals surface area contributed by atoms with E-state index in [1.54, 1.807) is 0 Å². The standard InChI is InChI=1S/C35H62O4/c1-3-5-7-8-9-10-11-12-13-14-15-16-17-18-19-20-21-22-23-24-25-26-27-29-31-38-33-34(32-36)39-35(37)30-28-6-4-2/h5,7,9-10,12-13,15-16,34,36H,3-4,6,8,11,14,17-33H2,1-2H3/b7-5-,10-9-,13-12-,16-15-. The lowest BCUT2D eigenvalue weighted by Gasteiger charge is -2.15. The second-order valence-electron chi connectivity index (χ2n) is 10.5. The second-order valence-corrected chi connectivity index (χ2v) is 10.5. The number of hydrogen-bond acceptors (Lipinski definition) is 4. The molecule has 0 spiro atoms. The number of unbranched alkanes of at least 4 members (excludes halogenated alkanes) is 13. The Labute approximate surface area is 242 Å². The Balaban J connectivity index is 3.36. The van der Waals surface area contributed by atoms with Crippen LogP contribution in [0.25, 0.3) is 0 Å². The minimum Gasteiger partial charge on any atom is -0.457 e. The highest BCUT2D eigenvalue weighted by atomic mass is 16.6. The second kappa shape index (κ2) is 32.6. The van der Waals surface area contributed by atoms with Crippen molar-refractivity contribution in [1.82, 2.24) is 0 Å². The van der Waals surface area contributed by atoms with Crippen LogP contribution in [-0.2, 0) is 14.3 Å². The zero-order chi connectivity index (χ0) is 28.5. The van der Waals surface area contributed by atoms with Crippen molar-refractivity contribution in [1.29, 1.82) is 0 Å². The van der Waals surface area contributed by atoms with Crippen LogP contribution < -0.4 is 0 Å². The summed E-state index contributed by atoms with van der Waals surface area (Å²) in [6.07, 6.45) is 40.7. The molecule has 226 valence electrons. The van der Waals surface area contributed by atoms with E-state index in [2.05, 4.69) is 62.5 Å². The van der Waals surface area contributed by atoms with Crippen molar-refractivity contribution in [2.24, 2.45) is 0 Å². The molecule has 1 N–H and O–H groups in total. The Morgan fingerprint density at radius 2 is 1.15 bits per heavy atom. The Kier molecular flexibility index (Phi) is 31.2. The Morgan fingerprint density at radius 3 is 1.69 bits per heavy atom. The molecule has 0 rings (SSSR count). The predicted molar refractivity (Wildman–Crippen MR) is 168 cm³/mol. The maximum absolute atomic E-state index is 11.7. The van der Waals surface area contributed by atoms with E-state index >= 15 is 0 Å². The van der Waals surface area contributed by atoms with Crippen molar-refractivity contribution >= 4 is 5.97 Å². The van der Waals surface area contributed by atoms with Gasteiger partial charge in [0.25, 0.3) is 0 Å². The highest BCUT2D eigenvalue weighted by Gasteiger charge is 2.13. The molecule has 1 unspecified atom stereocenters. The third kappa shape index (κ3) is 30.7. The average molecular weight is 547 g/mol. The summed E-state index contributed by atoms with van der Waals surface area (Å²) in [5.74, 6) is -0.229. The summed E-state index contributed by atoms with van der Waals surface area (Å²) in [6, 6.07) is 0. The van der Waals surface area contributed by atoms with E-state index in [4.69, 9.17) is 9.47 Å². The van der Waals surface area contributed by atoms with Gasteiger partial charge in [-0.2, -0.15) is 0 Å². The zero-order valence-corrected chi connectivity index (χ0v) is 25.6. The van der Waals surface area contributed by atoms with E-state index in [0.29, 0.717) is 19.6 Å². The molecule has 0 amide bonds. The fourth-order valence-corrected chi connectivity index (χ4v) is 4.26. The molecule has 0 heterocycles. The van der Waals surface area contributed by atoms with Crippen LogP contribution in [0.4, 0.5) is 0 Å². The molecule has 4 heteroatoms. The molecule has 1 atom stereocenters. The van der Waals surface area contributed by atoms with Crippen molar-refractivity contribution in [3.63, 3.8) is 0 Å². The van der Waals surface area contributed by atoms with Gasteiger partial charge in [-0.25, -0.2) is 0 Å². The molecule has 0 aromatic heterocycles. The van der Waals surface area contributed by atoms with Crippen LogP contribution in [0.3, 0.4) is 0 Å². The number of ether oxygens (including phenoxy) is 2. The lowest BCUT2D eigenvalue weighted by molar-refractivity contribution is -0.154. The molecular weight excluding hydrogens is 484 g/mol.